The number of fused-ring (bicyclic) bond motifs is 1. The number of aryl methyl sites for hydroxylation is 1. The van der Waals surface area contributed by atoms with E-state index in [-0.39, 0.29) is 0 Å². The lowest BCUT2D eigenvalue weighted by Gasteiger charge is -2.10. The molecule has 1 aliphatic carbocycles. The number of rotatable bonds is 5. The normalized spacial score (nSPS) is 14.4. The predicted octanol–water partition coefficient (Wildman–Crippen LogP) is 3.18. The van der Waals surface area contributed by atoms with Crippen LogP contribution in [0.3, 0.4) is 0 Å². The summed E-state index contributed by atoms with van der Waals surface area (Å²) in [6, 6.07) is 12.5. The predicted molar refractivity (Wildman–Crippen MR) is 85.9 cm³/mol. The largest absolute Gasteiger partial charge is 0.365 e. The molecule has 4 rings (SSSR count). The Morgan fingerprint density at radius 2 is 1.91 bits per heavy atom. The first-order valence-electron chi connectivity index (χ1n) is 7.88. The molecule has 22 heavy (non-hydrogen) atoms. The van der Waals surface area contributed by atoms with Crippen molar-refractivity contribution in [1.82, 2.24) is 19.8 Å². The van der Waals surface area contributed by atoms with E-state index in [0.29, 0.717) is 5.92 Å². The van der Waals surface area contributed by atoms with Crippen LogP contribution >= 0.6 is 0 Å². The van der Waals surface area contributed by atoms with Gasteiger partial charge in [0.25, 0.3) is 0 Å². The maximum absolute atomic E-state index is 4.65. The molecule has 0 unspecified atom stereocenters. The molecule has 0 aliphatic heterocycles. The smallest absolute Gasteiger partial charge is 0.178 e. The molecule has 2 heterocycles. The number of hydrogen-bond acceptors (Lipinski definition) is 4. The fraction of sp³-hybridized carbons (Fsp3) is 0.353. The molecule has 1 fully saturated rings. The molecular weight excluding hydrogens is 274 g/mol. The van der Waals surface area contributed by atoms with E-state index < -0.39 is 0 Å². The van der Waals surface area contributed by atoms with Crippen LogP contribution in [-0.2, 0) is 13.0 Å². The van der Waals surface area contributed by atoms with Gasteiger partial charge in [-0.05, 0) is 42.5 Å². The highest BCUT2D eigenvalue weighted by Crippen LogP contribution is 2.38. The second kappa shape index (κ2) is 5.40. The van der Waals surface area contributed by atoms with Crippen LogP contribution < -0.4 is 5.32 Å². The van der Waals surface area contributed by atoms with Gasteiger partial charge in [0, 0.05) is 12.5 Å². The molecule has 5 nitrogen and oxygen atoms in total. The molecule has 112 valence electrons. The molecule has 0 amide bonds. The lowest BCUT2D eigenvalue weighted by atomic mass is 10.1. The molecule has 1 saturated carbocycles. The van der Waals surface area contributed by atoms with E-state index in [1.54, 1.807) is 0 Å². The Morgan fingerprint density at radius 1 is 1.09 bits per heavy atom. The average molecular weight is 293 g/mol. The fourth-order valence-electron chi connectivity index (χ4n) is 2.76. The number of nitrogens with one attached hydrogen (secondary N) is 1. The van der Waals surface area contributed by atoms with E-state index in [9.17, 15) is 0 Å². The molecule has 0 saturated heterocycles. The van der Waals surface area contributed by atoms with Gasteiger partial charge in [-0.15, -0.1) is 15.3 Å². The van der Waals surface area contributed by atoms with Gasteiger partial charge in [0.1, 0.15) is 5.82 Å². The minimum absolute atomic E-state index is 0.540. The van der Waals surface area contributed by atoms with Gasteiger partial charge in [-0.1, -0.05) is 31.2 Å². The van der Waals surface area contributed by atoms with Crippen molar-refractivity contribution in [3.63, 3.8) is 0 Å². The molecular formula is C17H19N5. The summed E-state index contributed by atoms with van der Waals surface area (Å²) in [6.45, 7) is 2.96. The van der Waals surface area contributed by atoms with Crippen molar-refractivity contribution in [3.8, 4) is 0 Å². The van der Waals surface area contributed by atoms with E-state index in [1.165, 1.54) is 24.0 Å². The summed E-state index contributed by atoms with van der Waals surface area (Å²) in [5, 5.41) is 16.5. The fourth-order valence-corrected chi connectivity index (χ4v) is 2.76. The third-order valence-electron chi connectivity index (χ3n) is 4.19. The second-order valence-electron chi connectivity index (χ2n) is 5.80. The minimum atomic E-state index is 0.540. The highest BCUT2D eigenvalue weighted by molar-refractivity contribution is 5.45. The van der Waals surface area contributed by atoms with Crippen LogP contribution in [0.4, 0.5) is 5.82 Å². The Kier molecular flexibility index (Phi) is 3.25. The summed E-state index contributed by atoms with van der Waals surface area (Å²) in [5.41, 5.74) is 3.51. The summed E-state index contributed by atoms with van der Waals surface area (Å²) in [5.74, 6) is 2.39. The zero-order chi connectivity index (χ0) is 14.9. The molecule has 3 aromatic rings. The Labute approximate surface area is 129 Å². The van der Waals surface area contributed by atoms with Gasteiger partial charge >= 0.3 is 0 Å². The topological polar surface area (TPSA) is 55.1 Å². The Balaban J connectivity index is 1.57. The van der Waals surface area contributed by atoms with Crippen LogP contribution in [-0.4, -0.2) is 19.8 Å². The maximum Gasteiger partial charge on any atom is 0.178 e. The molecule has 0 radical (unpaired) electrons. The second-order valence-corrected chi connectivity index (χ2v) is 5.80. The van der Waals surface area contributed by atoms with Crippen molar-refractivity contribution >= 4 is 11.5 Å². The molecule has 5 heteroatoms. The molecule has 2 aromatic heterocycles. The van der Waals surface area contributed by atoms with Crippen LogP contribution in [0, 0.1) is 0 Å². The van der Waals surface area contributed by atoms with E-state index in [4.69, 9.17) is 0 Å². The first-order valence-corrected chi connectivity index (χ1v) is 7.88. The molecule has 0 spiro atoms. The Bertz CT molecular complexity index is 804. The van der Waals surface area contributed by atoms with Crippen LogP contribution in [0.15, 0.2) is 36.4 Å². The number of hydrogen-bond donors (Lipinski definition) is 1. The van der Waals surface area contributed by atoms with Crippen molar-refractivity contribution < 1.29 is 0 Å². The summed E-state index contributed by atoms with van der Waals surface area (Å²) in [6.07, 6.45) is 3.44. The lowest BCUT2D eigenvalue weighted by molar-refractivity contribution is 0.813. The first kappa shape index (κ1) is 13.2. The minimum Gasteiger partial charge on any atom is -0.365 e. The zero-order valence-corrected chi connectivity index (χ0v) is 12.7. The van der Waals surface area contributed by atoms with Gasteiger partial charge in [-0.25, -0.2) is 0 Å². The third kappa shape index (κ3) is 2.43. The summed E-state index contributed by atoms with van der Waals surface area (Å²) in [4.78, 5) is 0. The van der Waals surface area contributed by atoms with Crippen molar-refractivity contribution in [1.29, 1.82) is 0 Å². The Morgan fingerprint density at radius 3 is 2.68 bits per heavy atom. The van der Waals surface area contributed by atoms with Crippen LogP contribution in [0.2, 0.25) is 0 Å². The average Bonchev–Trinajstić information content (AvgIpc) is 3.32. The van der Waals surface area contributed by atoms with Crippen molar-refractivity contribution in [3.05, 3.63) is 53.3 Å². The van der Waals surface area contributed by atoms with E-state index in [1.807, 2.05) is 16.6 Å². The summed E-state index contributed by atoms with van der Waals surface area (Å²) < 4.78 is 1.88. The van der Waals surface area contributed by atoms with Gasteiger partial charge in [-0.3, -0.25) is 0 Å². The van der Waals surface area contributed by atoms with E-state index >= 15 is 0 Å². The van der Waals surface area contributed by atoms with E-state index in [0.717, 1.165) is 30.3 Å². The first-order chi connectivity index (χ1) is 10.8. The van der Waals surface area contributed by atoms with Gasteiger partial charge in [-0.2, -0.15) is 4.52 Å². The van der Waals surface area contributed by atoms with E-state index in [2.05, 4.69) is 51.8 Å². The van der Waals surface area contributed by atoms with Crippen LogP contribution in [0.25, 0.3) is 5.65 Å². The van der Waals surface area contributed by atoms with Crippen LogP contribution in [0.1, 0.15) is 42.6 Å². The van der Waals surface area contributed by atoms with Gasteiger partial charge in [0.15, 0.2) is 11.5 Å². The van der Waals surface area contributed by atoms with Crippen molar-refractivity contribution in [2.45, 2.75) is 38.6 Å². The number of aromatic nitrogens is 4. The standard InChI is InChI=1S/C17H19N5/c1-2-12-5-3-4-6-14(12)11-18-15-9-10-16-19-20-17(13-7-8-13)22(16)21-15/h3-6,9-10,13H,2,7-8,11H2,1H3,(H,18,21). The number of benzene rings is 1. The van der Waals surface area contributed by atoms with Gasteiger partial charge < -0.3 is 5.32 Å². The number of anilines is 1. The Hall–Kier alpha value is -2.43. The van der Waals surface area contributed by atoms with Crippen molar-refractivity contribution in [2.24, 2.45) is 0 Å². The monoisotopic (exact) mass is 293 g/mol. The maximum atomic E-state index is 4.65. The SMILES string of the molecule is CCc1ccccc1CNc1ccc2nnc(C3CC3)n2n1. The summed E-state index contributed by atoms with van der Waals surface area (Å²) >= 11 is 0. The quantitative estimate of drug-likeness (QED) is 0.785. The zero-order valence-electron chi connectivity index (χ0n) is 12.7. The third-order valence-corrected chi connectivity index (χ3v) is 4.19. The highest BCUT2D eigenvalue weighted by atomic mass is 15.4. The van der Waals surface area contributed by atoms with Crippen LogP contribution in [0.5, 0.6) is 0 Å². The molecule has 1 aliphatic rings. The summed E-state index contributed by atoms with van der Waals surface area (Å²) in [7, 11) is 0. The molecule has 1 N–H and O–H groups in total. The van der Waals surface area contributed by atoms with Crippen molar-refractivity contribution in [2.75, 3.05) is 5.32 Å². The number of nitrogens with zero attached hydrogens (tertiary/aromatic N) is 4. The van der Waals surface area contributed by atoms with Gasteiger partial charge in [0.2, 0.25) is 0 Å². The molecule has 1 aromatic carbocycles. The molecule has 0 atom stereocenters. The highest BCUT2D eigenvalue weighted by Gasteiger charge is 2.29. The molecule has 0 bridgehead atoms. The lowest BCUT2D eigenvalue weighted by Crippen LogP contribution is -2.07. The van der Waals surface area contributed by atoms with Gasteiger partial charge in [0.05, 0.1) is 0 Å².